The number of aromatic nitrogens is 2. The molecule has 0 bridgehead atoms. The normalized spacial score (nSPS) is 12.9. The summed E-state index contributed by atoms with van der Waals surface area (Å²) in [6, 6.07) is 0. The third-order valence-electron chi connectivity index (χ3n) is 2.98. The molecule has 0 aliphatic carbocycles. The Morgan fingerprint density at radius 3 is 2.31 bits per heavy atom. The first-order valence-electron chi connectivity index (χ1n) is 5.66. The van der Waals surface area contributed by atoms with Crippen molar-refractivity contribution < 1.29 is 4.74 Å². The Morgan fingerprint density at radius 1 is 1.19 bits per heavy atom. The van der Waals surface area contributed by atoms with Crippen molar-refractivity contribution in [1.82, 2.24) is 10.2 Å². The fourth-order valence-electron chi connectivity index (χ4n) is 1.28. The summed E-state index contributed by atoms with van der Waals surface area (Å²) in [5.41, 5.74) is 8.66. The molecule has 90 valence electrons. The first kappa shape index (κ1) is 12.9. The van der Waals surface area contributed by atoms with E-state index in [-0.39, 0.29) is 6.10 Å². The highest BCUT2D eigenvalue weighted by molar-refractivity contribution is 5.35. The van der Waals surface area contributed by atoms with E-state index >= 15 is 0 Å². The highest BCUT2D eigenvalue weighted by Gasteiger charge is 2.15. The second-order valence-electron chi connectivity index (χ2n) is 4.47. The topological polar surface area (TPSA) is 61.0 Å². The highest BCUT2D eigenvalue weighted by atomic mass is 16.5. The molecular formula is C12H21N3O. The van der Waals surface area contributed by atoms with E-state index < -0.39 is 0 Å². The van der Waals surface area contributed by atoms with E-state index in [1.54, 1.807) is 0 Å². The Kier molecular flexibility index (Phi) is 4.24. The third-order valence-corrected chi connectivity index (χ3v) is 2.98. The zero-order valence-corrected chi connectivity index (χ0v) is 10.7. The second-order valence-corrected chi connectivity index (χ2v) is 4.47. The van der Waals surface area contributed by atoms with Crippen molar-refractivity contribution >= 4 is 0 Å². The van der Waals surface area contributed by atoms with Gasteiger partial charge in [-0.1, -0.05) is 13.8 Å². The molecule has 0 spiro atoms. The van der Waals surface area contributed by atoms with Crippen molar-refractivity contribution in [3.63, 3.8) is 0 Å². The van der Waals surface area contributed by atoms with Gasteiger partial charge in [-0.15, -0.1) is 5.10 Å². The van der Waals surface area contributed by atoms with Crippen LogP contribution in [0.15, 0.2) is 0 Å². The van der Waals surface area contributed by atoms with Gasteiger partial charge in [-0.3, -0.25) is 0 Å². The van der Waals surface area contributed by atoms with Gasteiger partial charge in [0, 0.05) is 12.1 Å². The Labute approximate surface area is 97.2 Å². The molecular weight excluding hydrogens is 202 g/mol. The lowest BCUT2D eigenvalue weighted by atomic mass is 10.1. The summed E-state index contributed by atoms with van der Waals surface area (Å²) < 4.78 is 5.78. The van der Waals surface area contributed by atoms with Crippen molar-refractivity contribution in [1.29, 1.82) is 0 Å². The lowest BCUT2D eigenvalue weighted by Crippen LogP contribution is -2.21. The van der Waals surface area contributed by atoms with Crippen LogP contribution < -0.4 is 10.5 Å². The molecule has 1 aromatic heterocycles. The Bertz CT molecular complexity index is 364. The van der Waals surface area contributed by atoms with Crippen LogP contribution in [-0.2, 0) is 6.54 Å². The second kappa shape index (κ2) is 5.25. The molecule has 0 aromatic carbocycles. The maximum Gasteiger partial charge on any atom is 0.238 e. The van der Waals surface area contributed by atoms with Crippen LogP contribution in [0, 0.1) is 19.8 Å². The first-order chi connectivity index (χ1) is 7.47. The van der Waals surface area contributed by atoms with Gasteiger partial charge in [-0.2, -0.15) is 5.10 Å². The predicted octanol–water partition coefficient (Wildman–Crippen LogP) is 1.98. The Balaban J connectivity index is 3.00. The van der Waals surface area contributed by atoms with Crippen molar-refractivity contribution in [2.45, 2.75) is 47.3 Å². The number of aryl methyl sites for hydroxylation is 1. The zero-order chi connectivity index (χ0) is 12.3. The maximum atomic E-state index is 5.78. The third kappa shape index (κ3) is 2.70. The number of ether oxygens (including phenoxy) is 1. The lowest BCUT2D eigenvalue weighted by Gasteiger charge is -2.19. The van der Waals surface area contributed by atoms with Crippen molar-refractivity contribution in [2.24, 2.45) is 11.7 Å². The fraction of sp³-hybridized carbons (Fsp3) is 0.667. The van der Waals surface area contributed by atoms with Crippen LogP contribution in [0.25, 0.3) is 0 Å². The minimum Gasteiger partial charge on any atom is -0.473 e. The molecule has 0 amide bonds. The van der Waals surface area contributed by atoms with E-state index in [0.29, 0.717) is 18.3 Å². The lowest BCUT2D eigenvalue weighted by molar-refractivity contribution is 0.159. The van der Waals surface area contributed by atoms with Crippen LogP contribution >= 0.6 is 0 Å². The average molecular weight is 223 g/mol. The SMILES string of the molecule is Cc1nnc(OC(C)C(C)C)c(CN)c1C. The molecule has 0 saturated carbocycles. The molecule has 0 radical (unpaired) electrons. The van der Waals surface area contributed by atoms with Gasteiger partial charge in [0.05, 0.1) is 11.8 Å². The summed E-state index contributed by atoms with van der Waals surface area (Å²) in [6.07, 6.45) is 0.113. The summed E-state index contributed by atoms with van der Waals surface area (Å²) in [5.74, 6) is 1.01. The number of hydrogen-bond acceptors (Lipinski definition) is 4. The largest absolute Gasteiger partial charge is 0.473 e. The zero-order valence-electron chi connectivity index (χ0n) is 10.7. The van der Waals surface area contributed by atoms with E-state index in [1.165, 1.54) is 0 Å². The van der Waals surface area contributed by atoms with Crippen LogP contribution in [0.5, 0.6) is 5.88 Å². The number of nitrogens with zero attached hydrogens (tertiary/aromatic N) is 2. The molecule has 0 fully saturated rings. The van der Waals surface area contributed by atoms with Crippen LogP contribution in [0.1, 0.15) is 37.6 Å². The minimum absolute atomic E-state index is 0.113. The molecule has 0 aliphatic rings. The van der Waals surface area contributed by atoms with E-state index in [2.05, 4.69) is 24.0 Å². The molecule has 4 nitrogen and oxygen atoms in total. The summed E-state index contributed by atoms with van der Waals surface area (Å²) in [5, 5.41) is 8.15. The van der Waals surface area contributed by atoms with Gasteiger partial charge in [0.2, 0.25) is 5.88 Å². The van der Waals surface area contributed by atoms with Crippen molar-refractivity contribution in [3.8, 4) is 5.88 Å². The Hall–Kier alpha value is -1.16. The molecule has 1 atom stereocenters. The molecule has 1 aromatic rings. The summed E-state index contributed by atoms with van der Waals surface area (Å²) in [7, 11) is 0. The van der Waals surface area contributed by atoms with E-state index in [9.17, 15) is 0 Å². The smallest absolute Gasteiger partial charge is 0.238 e. The molecule has 4 heteroatoms. The molecule has 0 saturated heterocycles. The summed E-state index contributed by atoms with van der Waals surface area (Å²) in [6.45, 7) is 10.6. The van der Waals surface area contributed by atoms with Gasteiger partial charge in [0.15, 0.2) is 0 Å². The van der Waals surface area contributed by atoms with E-state index in [0.717, 1.165) is 16.8 Å². The van der Waals surface area contributed by atoms with Gasteiger partial charge in [-0.25, -0.2) is 0 Å². The number of hydrogen-bond donors (Lipinski definition) is 1. The van der Waals surface area contributed by atoms with Crippen LogP contribution in [0.4, 0.5) is 0 Å². The summed E-state index contributed by atoms with van der Waals surface area (Å²) >= 11 is 0. The molecule has 1 heterocycles. The van der Waals surface area contributed by atoms with E-state index in [1.807, 2.05) is 20.8 Å². The van der Waals surface area contributed by atoms with Gasteiger partial charge in [-0.05, 0) is 32.3 Å². The van der Waals surface area contributed by atoms with E-state index in [4.69, 9.17) is 10.5 Å². The fourth-order valence-corrected chi connectivity index (χ4v) is 1.28. The van der Waals surface area contributed by atoms with Gasteiger partial charge < -0.3 is 10.5 Å². The predicted molar refractivity (Wildman–Crippen MR) is 64.3 cm³/mol. The monoisotopic (exact) mass is 223 g/mol. The molecule has 0 aliphatic heterocycles. The maximum absolute atomic E-state index is 5.78. The average Bonchev–Trinajstić information content (AvgIpc) is 2.23. The molecule has 1 unspecified atom stereocenters. The first-order valence-corrected chi connectivity index (χ1v) is 5.66. The van der Waals surface area contributed by atoms with Gasteiger partial charge in [0.1, 0.15) is 0 Å². The Morgan fingerprint density at radius 2 is 1.81 bits per heavy atom. The van der Waals surface area contributed by atoms with Crippen LogP contribution in [-0.4, -0.2) is 16.3 Å². The number of rotatable bonds is 4. The molecule has 16 heavy (non-hydrogen) atoms. The molecule has 1 rings (SSSR count). The minimum atomic E-state index is 0.113. The number of nitrogens with two attached hydrogens (primary N) is 1. The highest BCUT2D eigenvalue weighted by Crippen LogP contribution is 2.22. The summed E-state index contributed by atoms with van der Waals surface area (Å²) in [4.78, 5) is 0. The molecule has 2 N–H and O–H groups in total. The standard InChI is InChI=1S/C12H21N3O/c1-7(2)10(5)16-12-11(6-13)8(3)9(4)14-15-12/h7,10H,6,13H2,1-5H3. The van der Waals surface area contributed by atoms with Crippen LogP contribution in [0.3, 0.4) is 0 Å². The van der Waals surface area contributed by atoms with Crippen molar-refractivity contribution in [2.75, 3.05) is 0 Å². The quantitative estimate of drug-likeness (QED) is 0.847. The van der Waals surface area contributed by atoms with Gasteiger partial charge >= 0.3 is 0 Å². The van der Waals surface area contributed by atoms with Crippen molar-refractivity contribution in [3.05, 3.63) is 16.8 Å². The van der Waals surface area contributed by atoms with Gasteiger partial charge in [0.25, 0.3) is 0 Å². The van der Waals surface area contributed by atoms with Crippen LogP contribution in [0.2, 0.25) is 0 Å².